The van der Waals surface area contributed by atoms with E-state index < -0.39 is 6.09 Å². The first-order valence-corrected chi connectivity index (χ1v) is 7.48. The summed E-state index contributed by atoms with van der Waals surface area (Å²) in [4.78, 5) is 25.8. The number of carbonyl (C=O) groups excluding carboxylic acids is 2. The van der Waals surface area contributed by atoms with Crippen LogP contribution in [0.2, 0.25) is 0 Å². The van der Waals surface area contributed by atoms with Crippen molar-refractivity contribution < 1.29 is 14.3 Å². The number of amides is 2. The van der Waals surface area contributed by atoms with Gasteiger partial charge in [0.25, 0.3) is 5.91 Å². The number of hydrogen-bond acceptors (Lipinski definition) is 3. The van der Waals surface area contributed by atoms with Crippen molar-refractivity contribution in [2.75, 3.05) is 23.4 Å². The fraction of sp³-hybridized carbons (Fsp3) is 0.222. The molecule has 1 aliphatic heterocycles. The van der Waals surface area contributed by atoms with Crippen LogP contribution in [0.3, 0.4) is 0 Å². The average Bonchev–Trinajstić information content (AvgIpc) is 2.96. The number of anilines is 2. The molecule has 0 spiro atoms. The van der Waals surface area contributed by atoms with Gasteiger partial charge in [0.1, 0.15) is 6.61 Å². The maximum absolute atomic E-state index is 12.5. The van der Waals surface area contributed by atoms with Gasteiger partial charge in [-0.2, -0.15) is 0 Å². The molecule has 0 unspecified atom stereocenters. The molecule has 1 heterocycles. The summed E-state index contributed by atoms with van der Waals surface area (Å²) in [6.45, 7) is 4.82. The monoisotopic (exact) mass is 310 g/mol. The van der Waals surface area contributed by atoms with Crippen molar-refractivity contribution in [3.63, 3.8) is 0 Å². The molecule has 1 aliphatic rings. The van der Waals surface area contributed by atoms with Crippen LogP contribution in [0.4, 0.5) is 16.2 Å². The van der Waals surface area contributed by atoms with Crippen molar-refractivity contribution >= 4 is 23.4 Å². The third-order valence-electron chi connectivity index (χ3n) is 3.97. The molecule has 0 saturated carbocycles. The highest BCUT2D eigenvalue weighted by Crippen LogP contribution is 2.28. The van der Waals surface area contributed by atoms with Crippen LogP contribution < -0.4 is 10.2 Å². The third kappa shape index (κ3) is 3.04. The Morgan fingerprint density at radius 1 is 1.13 bits per heavy atom. The standard InChI is InChI=1S/C18H18N2O3/c1-12-7-8-14(11-13(12)2)17(21)19-15-5-3-4-6-16(15)20-9-10-23-18(20)22/h3-8,11H,9-10H2,1-2H3,(H,19,21). The van der Waals surface area contributed by atoms with Gasteiger partial charge in [-0.05, 0) is 49.2 Å². The molecule has 2 amide bonds. The predicted molar refractivity (Wildman–Crippen MR) is 89.0 cm³/mol. The smallest absolute Gasteiger partial charge is 0.414 e. The van der Waals surface area contributed by atoms with Gasteiger partial charge in [0, 0.05) is 5.56 Å². The SMILES string of the molecule is Cc1ccc(C(=O)Nc2ccccc2N2CCOC2=O)cc1C. The Hall–Kier alpha value is -2.82. The molecule has 1 saturated heterocycles. The summed E-state index contributed by atoms with van der Waals surface area (Å²) in [6, 6.07) is 12.8. The van der Waals surface area contributed by atoms with E-state index in [1.165, 1.54) is 4.90 Å². The fourth-order valence-corrected chi connectivity index (χ4v) is 2.50. The van der Waals surface area contributed by atoms with Crippen molar-refractivity contribution in [2.45, 2.75) is 13.8 Å². The van der Waals surface area contributed by atoms with Gasteiger partial charge < -0.3 is 10.1 Å². The summed E-state index contributed by atoms with van der Waals surface area (Å²) < 4.78 is 4.97. The van der Waals surface area contributed by atoms with Crippen LogP contribution in [-0.4, -0.2) is 25.2 Å². The van der Waals surface area contributed by atoms with Crippen LogP contribution in [0.15, 0.2) is 42.5 Å². The molecule has 5 nitrogen and oxygen atoms in total. The summed E-state index contributed by atoms with van der Waals surface area (Å²) in [6.07, 6.45) is -0.391. The molecular formula is C18H18N2O3. The molecule has 3 rings (SSSR count). The highest BCUT2D eigenvalue weighted by Gasteiger charge is 2.26. The van der Waals surface area contributed by atoms with Crippen LogP contribution in [0.1, 0.15) is 21.5 Å². The van der Waals surface area contributed by atoms with Gasteiger partial charge in [0.15, 0.2) is 0 Å². The topological polar surface area (TPSA) is 58.6 Å². The molecule has 1 N–H and O–H groups in total. The zero-order valence-corrected chi connectivity index (χ0v) is 13.1. The van der Waals surface area contributed by atoms with E-state index in [4.69, 9.17) is 4.74 Å². The van der Waals surface area contributed by atoms with E-state index in [9.17, 15) is 9.59 Å². The number of para-hydroxylation sites is 2. The van der Waals surface area contributed by atoms with Gasteiger partial charge in [-0.15, -0.1) is 0 Å². The van der Waals surface area contributed by atoms with Gasteiger partial charge in [0.2, 0.25) is 0 Å². The number of nitrogens with one attached hydrogen (secondary N) is 1. The lowest BCUT2D eigenvalue weighted by Crippen LogP contribution is -2.25. The average molecular weight is 310 g/mol. The molecule has 0 radical (unpaired) electrons. The number of ether oxygens (including phenoxy) is 1. The number of rotatable bonds is 3. The molecule has 2 aromatic carbocycles. The molecule has 1 fully saturated rings. The van der Waals surface area contributed by atoms with Crippen LogP contribution in [0.25, 0.3) is 0 Å². The Morgan fingerprint density at radius 2 is 1.91 bits per heavy atom. The molecule has 23 heavy (non-hydrogen) atoms. The zero-order valence-electron chi connectivity index (χ0n) is 13.1. The second-order valence-electron chi connectivity index (χ2n) is 5.54. The van der Waals surface area contributed by atoms with Crippen molar-refractivity contribution in [3.8, 4) is 0 Å². The van der Waals surface area contributed by atoms with Gasteiger partial charge in [-0.25, -0.2) is 4.79 Å². The Labute approximate surface area is 134 Å². The summed E-state index contributed by atoms with van der Waals surface area (Å²) >= 11 is 0. The molecular weight excluding hydrogens is 292 g/mol. The largest absolute Gasteiger partial charge is 0.447 e. The minimum absolute atomic E-state index is 0.201. The summed E-state index contributed by atoms with van der Waals surface area (Å²) in [5.41, 5.74) is 4.03. The second-order valence-corrected chi connectivity index (χ2v) is 5.54. The minimum atomic E-state index is -0.391. The number of benzene rings is 2. The Kier molecular flexibility index (Phi) is 4.02. The van der Waals surface area contributed by atoms with Crippen LogP contribution >= 0.6 is 0 Å². The molecule has 0 bridgehead atoms. The summed E-state index contributed by atoms with van der Waals surface area (Å²) in [7, 11) is 0. The lowest BCUT2D eigenvalue weighted by Gasteiger charge is -2.17. The van der Waals surface area contributed by atoms with E-state index in [0.29, 0.717) is 30.1 Å². The Morgan fingerprint density at radius 3 is 2.61 bits per heavy atom. The van der Waals surface area contributed by atoms with E-state index in [-0.39, 0.29) is 5.91 Å². The number of carbonyl (C=O) groups is 2. The third-order valence-corrected chi connectivity index (χ3v) is 3.97. The van der Waals surface area contributed by atoms with Crippen LogP contribution in [0, 0.1) is 13.8 Å². The summed E-state index contributed by atoms with van der Waals surface area (Å²) in [5.74, 6) is -0.201. The van der Waals surface area contributed by atoms with Crippen molar-refractivity contribution in [1.29, 1.82) is 0 Å². The van der Waals surface area contributed by atoms with Gasteiger partial charge in [-0.3, -0.25) is 9.69 Å². The first-order valence-electron chi connectivity index (χ1n) is 7.48. The van der Waals surface area contributed by atoms with Crippen molar-refractivity contribution in [1.82, 2.24) is 0 Å². The lowest BCUT2D eigenvalue weighted by atomic mass is 10.1. The maximum Gasteiger partial charge on any atom is 0.414 e. The minimum Gasteiger partial charge on any atom is -0.447 e. The van der Waals surface area contributed by atoms with E-state index in [0.717, 1.165) is 11.1 Å². The highest BCUT2D eigenvalue weighted by molar-refractivity contribution is 6.07. The second kappa shape index (κ2) is 6.12. The quantitative estimate of drug-likeness (QED) is 0.943. The Balaban J connectivity index is 1.86. The lowest BCUT2D eigenvalue weighted by molar-refractivity contribution is 0.102. The fourth-order valence-electron chi connectivity index (χ4n) is 2.50. The van der Waals surface area contributed by atoms with E-state index in [1.807, 2.05) is 38.1 Å². The maximum atomic E-state index is 12.5. The predicted octanol–water partition coefficient (Wildman–Crippen LogP) is 3.51. The van der Waals surface area contributed by atoms with Gasteiger partial charge in [-0.1, -0.05) is 18.2 Å². The van der Waals surface area contributed by atoms with Crippen molar-refractivity contribution in [2.24, 2.45) is 0 Å². The van der Waals surface area contributed by atoms with Crippen molar-refractivity contribution in [3.05, 3.63) is 59.2 Å². The molecule has 0 atom stereocenters. The molecule has 0 aliphatic carbocycles. The molecule has 118 valence electrons. The molecule has 0 aromatic heterocycles. The number of aryl methyl sites for hydroxylation is 2. The van der Waals surface area contributed by atoms with Crippen LogP contribution in [0.5, 0.6) is 0 Å². The highest BCUT2D eigenvalue weighted by atomic mass is 16.6. The van der Waals surface area contributed by atoms with Gasteiger partial charge in [0.05, 0.1) is 17.9 Å². The zero-order chi connectivity index (χ0) is 16.4. The Bertz CT molecular complexity index is 771. The van der Waals surface area contributed by atoms with E-state index in [2.05, 4.69) is 5.32 Å². The number of cyclic esters (lactones) is 1. The molecule has 2 aromatic rings. The van der Waals surface area contributed by atoms with Gasteiger partial charge >= 0.3 is 6.09 Å². The number of hydrogen-bond donors (Lipinski definition) is 1. The van der Waals surface area contributed by atoms with E-state index in [1.54, 1.807) is 18.2 Å². The van der Waals surface area contributed by atoms with E-state index >= 15 is 0 Å². The molecule has 5 heteroatoms. The number of nitrogens with zero attached hydrogens (tertiary/aromatic N) is 1. The first kappa shape index (κ1) is 15.1. The summed E-state index contributed by atoms with van der Waals surface area (Å²) in [5, 5.41) is 2.88. The normalized spacial score (nSPS) is 13.8. The first-order chi connectivity index (χ1) is 11.1. The van der Waals surface area contributed by atoms with Crippen LogP contribution in [-0.2, 0) is 4.74 Å².